The highest BCUT2D eigenvalue weighted by atomic mass is 32.2. The Morgan fingerprint density at radius 1 is 1.11 bits per heavy atom. The van der Waals surface area contributed by atoms with Gasteiger partial charge < -0.3 is 10.2 Å². The van der Waals surface area contributed by atoms with E-state index in [9.17, 15) is 8.42 Å². The van der Waals surface area contributed by atoms with Gasteiger partial charge in [0.15, 0.2) is 5.96 Å². The maximum atomic E-state index is 12.2. The first kappa shape index (κ1) is 20.1. The minimum Gasteiger partial charge on any atom is -0.355 e. The summed E-state index contributed by atoms with van der Waals surface area (Å²) < 4.78 is 27.1. The first-order valence-corrected chi connectivity index (χ1v) is 11.3. The summed E-state index contributed by atoms with van der Waals surface area (Å²) in [6.45, 7) is 5.24. The van der Waals surface area contributed by atoms with E-state index in [4.69, 9.17) is 0 Å². The van der Waals surface area contributed by atoms with E-state index < -0.39 is 10.0 Å². The lowest BCUT2D eigenvalue weighted by Gasteiger charge is -2.32. The van der Waals surface area contributed by atoms with Crippen molar-refractivity contribution >= 4 is 16.0 Å². The molecule has 2 heterocycles. The van der Waals surface area contributed by atoms with Gasteiger partial charge in [-0.2, -0.15) is 0 Å². The summed E-state index contributed by atoms with van der Waals surface area (Å²) in [7, 11) is -1.67. The second kappa shape index (κ2) is 9.52. The van der Waals surface area contributed by atoms with Crippen LogP contribution in [0.25, 0.3) is 0 Å². The number of hydrogen-bond donors (Lipinski definition) is 2. The summed E-state index contributed by atoms with van der Waals surface area (Å²) in [5, 5.41) is 3.29. The minimum atomic E-state index is -3.46. The number of piperidine rings is 1. The molecule has 2 saturated heterocycles. The van der Waals surface area contributed by atoms with Gasteiger partial charge in [-0.1, -0.05) is 24.6 Å². The second-order valence-electron chi connectivity index (χ2n) is 7.17. The molecule has 3 rings (SSSR count). The Balaban J connectivity index is 1.43. The molecule has 27 heavy (non-hydrogen) atoms. The third-order valence-electron chi connectivity index (χ3n) is 5.34. The van der Waals surface area contributed by atoms with E-state index in [2.05, 4.69) is 24.8 Å². The van der Waals surface area contributed by atoms with Gasteiger partial charge in [-0.25, -0.2) is 13.1 Å². The molecule has 0 saturated carbocycles. The zero-order valence-corrected chi connectivity index (χ0v) is 16.9. The number of nitrogens with zero attached hydrogens (tertiary/aromatic N) is 3. The van der Waals surface area contributed by atoms with Crippen LogP contribution in [0, 0.1) is 0 Å². The van der Waals surface area contributed by atoms with Crippen molar-refractivity contribution in [2.75, 3.05) is 46.3 Å². The van der Waals surface area contributed by atoms with Crippen LogP contribution in [0.4, 0.5) is 0 Å². The number of rotatable bonds is 6. The number of hydrogen-bond acceptors (Lipinski definition) is 4. The van der Waals surface area contributed by atoms with Crippen molar-refractivity contribution in [2.24, 2.45) is 4.99 Å². The van der Waals surface area contributed by atoms with Crippen molar-refractivity contribution in [2.45, 2.75) is 36.6 Å². The van der Waals surface area contributed by atoms with E-state index >= 15 is 0 Å². The highest BCUT2D eigenvalue weighted by Crippen LogP contribution is 2.20. The lowest BCUT2D eigenvalue weighted by atomic mass is 10.1. The maximum absolute atomic E-state index is 12.2. The SMILES string of the molecule is CN=C(NCCNS(=O)(=O)c1ccccc1)N1CCC(N2CCCCC2)C1. The molecule has 2 aliphatic rings. The van der Waals surface area contributed by atoms with Crippen molar-refractivity contribution < 1.29 is 8.42 Å². The van der Waals surface area contributed by atoms with Gasteiger partial charge in [-0.05, 0) is 44.5 Å². The number of aliphatic imine (C=N–C) groups is 1. The Labute approximate surface area is 162 Å². The maximum Gasteiger partial charge on any atom is 0.240 e. The van der Waals surface area contributed by atoms with Crippen LogP contribution in [0.15, 0.2) is 40.2 Å². The summed E-state index contributed by atoms with van der Waals surface area (Å²) in [5.74, 6) is 0.855. The molecule has 7 nitrogen and oxygen atoms in total. The van der Waals surface area contributed by atoms with E-state index in [1.54, 1.807) is 37.4 Å². The van der Waals surface area contributed by atoms with Crippen molar-refractivity contribution in [1.29, 1.82) is 0 Å². The molecule has 0 amide bonds. The van der Waals surface area contributed by atoms with Gasteiger partial charge >= 0.3 is 0 Å². The summed E-state index contributed by atoms with van der Waals surface area (Å²) in [4.78, 5) is 9.57. The van der Waals surface area contributed by atoms with E-state index in [-0.39, 0.29) is 0 Å². The summed E-state index contributed by atoms with van der Waals surface area (Å²) in [6, 6.07) is 9.05. The lowest BCUT2D eigenvalue weighted by molar-refractivity contribution is 0.168. The number of likely N-dealkylation sites (tertiary alicyclic amines) is 2. The number of nitrogens with one attached hydrogen (secondary N) is 2. The Morgan fingerprint density at radius 2 is 1.85 bits per heavy atom. The molecule has 2 N–H and O–H groups in total. The summed E-state index contributed by atoms with van der Waals surface area (Å²) >= 11 is 0. The standard InChI is InChI=1S/C19H31N5O2S/c1-20-19(24-15-10-17(16-24)23-13-6-3-7-14-23)21-11-12-22-27(25,26)18-8-4-2-5-9-18/h2,4-5,8-9,17,22H,3,6-7,10-16H2,1H3,(H,20,21). The molecule has 0 aromatic heterocycles. The molecule has 0 spiro atoms. The molecule has 0 bridgehead atoms. The summed E-state index contributed by atoms with van der Waals surface area (Å²) in [6.07, 6.45) is 5.15. The third-order valence-corrected chi connectivity index (χ3v) is 6.81. The fourth-order valence-corrected chi connectivity index (χ4v) is 4.94. The van der Waals surface area contributed by atoms with Crippen molar-refractivity contribution in [3.63, 3.8) is 0 Å². The number of sulfonamides is 1. The normalized spacial score (nSPS) is 22.2. The summed E-state index contributed by atoms with van der Waals surface area (Å²) in [5.41, 5.74) is 0. The van der Waals surface area contributed by atoms with Crippen LogP contribution >= 0.6 is 0 Å². The van der Waals surface area contributed by atoms with Crippen LogP contribution in [0.1, 0.15) is 25.7 Å². The van der Waals surface area contributed by atoms with Gasteiger partial charge in [0.05, 0.1) is 4.90 Å². The molecule has 8 heteroatoms. The molecule has 1 atom stereocenters. The van der Waals surface area contributed by atoms with Gasteiger partial charge in [0.25, 0.3) is 0 Å². The van der Waals surface area contributed by atoms with E-state index in [0.29, 0.717) is 24.0 Å². The molecule has 2 aliphatic heterocycles. The smallest absolute Gasteiger partial charge is 0.240 e. The van der Waals surface area contributed by atoms with Crippen molar-refractivity contribution in [3.05, 3.63) is 30.3 Å². The molecular formula is C19H31N5O2S. The van der Waals surface area contributed by atoms with Crippen molar-refractivity contribution in [1.82, 2.24) is 19.8 Å². The fraction of sp³-hybridized carbons (Fsp3) is 0.632. The zero-order chi connectivity index (χ0) is 19.1. The molecule has 1 unspecified atom stereocenters. The largest absolute Gasteiger partial charge is 0.355 e. The Bertz CT molecular complexity index is 717. The van der Waals surface area contributed by atoms with Gasteiger partial charge in [0.1, 0.15) is 0 Å². The van der Waals surface area contributed by atoms with Crippen LogP contribution in [0.3, 0.4) is 0 Å². The molecule has 0 radical (unpaired) electrons. The predicted molar refractivity (Wildman–Crippen MR) is 108 cm³/mol. The Morgan fingerprint density at radius 3 is 2.56 bits per heavy atom. The van der Waals surface area contributed by atoms with Gasteiger partial charge in [-0.3, -0.25) is 9.89 Å². The molecule has 2 fully saturated rings. The highest BCUT2D eigenvalue weighted by Gasteiger charge is 2.29. The van der Waals surface area contributed by atoms with Crippen LogP contribution < -0.4 is 10.0 Å². The Hall–Kier alpha value is -1.64. The topological polar surface area (TPSA) is 77.0 Å². The third kappa shape index (κ3) is 5.43. The quantitative estimate of drug-likeness (QED) is 0.430. The van der Waals surface area contributed by atoms with Crippen LogP contribution in [-0.4, -0.2) is 76.5 Å². The van der Waals surface area contributed by atoms with E-state index in [1.807, 2.05) is 0 Å². The molecule has 1 aromatic carbocycles. The van der Waals surface area contributed by atoms with Crippen LogP contribution in [0.2, 0.25) is 0 Å². The monoisotopic (exact) mass is 393 g/mol. The van der Waals surface area contributed by atoms with Gasteiger partial charge in [0.2, 0.25) is 10.0 Å². The van der Waals surface area contributed by atoms with Crippen molar-refractivity contribution in [3.8, 4) is 0 Å². The predicted octanol–water partition coefficient (Wildman–Crippen LogP) is 1.10. The fourth-order valence-electron chi connectivity index (χ4n) is 3.89. The van der Waals surface area contributed by atoms with E-state index in [0.717, 1.165) is 19.0 Å². The lowest BCUT2D eigenvalue weighted by Crippen LogP contribution is -2.46. The first-order chi connectivity index (χ1) is 13.1. The van der Waals surface area contributed by atoms with Gasteiger partial charge in [0, 0.05) is 39.3 Å². The van der Waals surface area contributed by atoms with Crippen LogP contribution in [-0.2, 0) is 10.0 Å². The molecule has 0 aliphatic carbocycles. The molecule has 150 valence electrons. The molecule has 1 aromatic rings. The van der Waals surface area contributed by atoms with Gasteiger partial charge in [-0.15, -0.1) is 0 Å². The minimum absolute atomic E-state index is 0.290. The number of guanidine groups is 1. The zero-order valence-electron chi connectivity index (χ0n) is 16.1. The molecular weight excluding hydrogens is 362 g/mol. The number of benzene rings is 1. The van der Waals surface area contributed by atoms with Crippen LogP contribution in [0.5, 0.6) is 0 Å². The average Bonchev–Trinajstić information content (AvgIpc) is 3.19. The average molecular weight is 394 g/mol. The first-order valence-electron chi connectivity index (χ1n) is 9.84. The second-order valence-corrected chi connectivity index (χ2v) is 8.94. The highest BCUT2D eigenvalue weighted by molar-refractivity contribution is 7.89. The Kier molecular flexibility index (Phi) is 7.09. The van der Waals surface area contributed by atoms with E-state index in [1.165, 1.54) is 38.8 Å².